The standard InChI is InChI=1S/C21H19F3N4O2.ClH/c1-28(12-9-18-25-10-11-26-18)20(30)16-7-2-3-8-17(16)27-19(29)14-5-4-6-15(13-14)21(22,23)24;/h2-8,10-11,13H,9,12H2,1H3,(H,25,26)(H,27,29);1H. The Morgan fingerprint density at radius 1 is 1.13 bits per heavy atom. The molecule has 1 aromatic heterocycles. The van der Waals surface area contributed by atoms with Crippen molar-refractivity contribution in [3.05, 3.63) is 83.4 Å². The normalized spacial score (nSPS) is 10.8. The molecule has 6 nitrogen and oxygen atoms in total. The zero-order valence-electron chi connectivity index (χ0n) is 16.4. The predicted octanol–water partition coefficient (Wildman–Crippen LogP) is 4.42. The van der Waals surface area contributed by atoms with Gasteiger partial charge in [-0.15, -0.1) is 12.4 Å². The lowest BCUT2D eigenvalue weighted by Gasteiger charge is -2.19. The minimum atomic E-state index is -4.55. The van der Waals surface area contributed by atoms with Gasteiger partial charge in [0.2, 0.25) is 0 Å². The van der Waals surface area contributed by atoms with E-state index in [1.807, 2.05) is 0 Å². The van der Waals surface area contributed by atoms with Gasteiger partial charge in [0.05, 0.1) is 16.8 Å². The van der Waals surface area contributed by atoms with Crippen LogP contribution in [0, 0.1) is 0 Å². The zero-order valence-corrected chi connectivity index (χ0v) is 17.3. The average Bonchev–Trinajstić information content (AvgIpc) is 3.25. The summed E-state index contributed by atoms with van der Waals surface area (Å²) in [7, 11) is 1.62. The van der Waals surface area contributed by atoms with Crippen LogP contribution < -0.4 is 5.32 Å². The molecule has 0 aliphatic heterocycles. The van der Waals surface area contributed by atoms with Gasteiger partial charge in [-0.1, -0.05) is 18.2 Å². The molecule has 0 atom stereocenters. The first-order chi connectivity index (χ1) is 14.3. The number of H-pyrrole nitrogens is 1. The summed E-state index contributed by atoms with van der Waals surface area (Å²) in [5.41, 5.74) is -0.620. The van der Waals surface area contributed by atoms with Crippen molar-refractivity contribution in [1.29, 1.82) is 0 Å². The highest BCUT2D eigenvalue weighted by Gasteiger charge is 2.31. The van der Waals surface area contributed by atoms with Gasteiger partial charge in [-0.3, -0.25) is 9.59 Å². The maximum absolute atomic E-state index is 12.9. The van der Waals surface area contributed by atoms with Gasteiger partial charge in [0, 0.05) is 38.0 Å². The van der Waals surface area contributed by atoms with Gasteiger partial charge < -0.3 is 15.2 Å². The molecule has 0 bridgehead atoms. The molecule has 0 aliphatic rings. The van der Waals surface area contributed by atoms with Gasteiger partial charge in [-0.25, -0.2) is 4.98 Å². The van der Waals surface area contributed by atoms with Crippen molar-refractivity contribution in [3.8, 4) is 0 Å². The molecule has 2 aromatic carbocycles. The molecule has 0 spiro atoms. The second kappa shape index (κ2) is 10.1. The second-order valence-corrected chi connectivity index (χ2v) is 6.59. The van der Waals surface area contributed by atoms with E-state index in [4.69, 9.17) is 0 Å². The van der Waals surface area contributed by atoms with Crippen molar-refractivity contribution in [2.75, 3.05) is 18.9 Å². The number of benzene rings is 2. The number of amides is 2. The van der Waals surface area contributed by atoms with E-state index in [0.717, 1.165) is 24.0 Å². The highest BCUT2D eigenvalue weighted by atomic mass is 35.5. The molecule has 0 aliphatic carbocycles. The summed E-state index contributed by atoms with van der Waals surface area (Å²) < 4.78 is 38.7. The summed E-state index contributed by atoms with van der Waals surface area (Å²) in [6.07, 6.45) is -0.722. The van der Waals surface area contributed by atoms with Gasteiger partial charge in [-0.2, -0.15) is 13.2 Å². The molecule has 0 unspecified atom stereocenters. The summed E-state index contributed by atoms with van der Waals surface area (Å²) >= 11 is 0. The third kappa shape index (κ3) is 6.08. The predicted molar refractivity (Wildman–Crippen MR) is 112 cm³/mol. The topological polar surface area (TPSA) is 78.1 Å². The summed E-state index contributed by atoms with van der Waals surface area (Å²) in [6, 6.07) is 10.5. The van der Waals surface area contributed by atoms with E-state index in [-0.39, 0.29) is 35.1 Å². The Labute approximate surface area is 182 Å². The number of anilines is 1. The number of nitrogens with one attached hydrogen (secondary N) is 2. The van der Waals surface area contributed by atoms with Crippen molar-refractivity contribution in [2.24, 2.45) is 0 Å². The van der Waals surface area contributed by atoms with Crippen molar-refractivity contribution < 1.29 is 22.8 Å². The van der Waals surface area contributed by atoms with Crippen molar-refractivity contribution >= 4 is 29.9 Å². The number of para-hydroxylation sites is 1. The Morgan fingerprint density at radius 2 is 1.87 bits per heavy atom. The molecule has 0 saturated carbocycles. The van der Waals surface area contributed by atoms with Crippen LogP contribution in [0.3, 0.4) is 0 Å². The zero-order chi connectivity index (χ0) is 21.7. The fourth-order valence-electron chi connectivity index (χ4n) is 2.83. The molecule has 1 heterocycles. The van der Waals surface area contributed by atoms with E-state index < -0.39 is 17.6 Å². The summed E-state index contributed by atoms with van der Waals surface area (Å²) in [6.45, 7) is 0.391. The fraction of sp³-hybridized carbons (Fsp3) is 0.190. The van der Waals surface area contributed by atoms with E-state index in [9.17, 15) is 22.8 Å². The lowest BCUT2D eigenvalue weighted by molar-refractivity contribution is -0.137. The number of alkyl halides is 3. The number of halogens is 4. The second-order valence-electron chi connectivity index (χ2n) is 6.59. The number of imidazole rings is 1. The van der Waals surface area contributed by atoms with Crippen LogP contribution in [0.5, 0.6) is 0 Å². The van der Waals surface area contributed by atoms with Crippen molar-refractivity contribution in [1.82, 2.24) is 14.9 Å². The molecule has 3 aromatic rings. The number of nitrogens with zero attached hydrogens (tertiary/aromatic N) is 2. The fourth-order valence-corrected chi connectivity index (χ4v) is 2.83. The SMILES string of the molecule is CN(CCc1ncc[nH]1)C(=O)c1ccccc1NC(=O)c1cccc(C(F)(F)F)c1.Cl. The van der Waals surface area contributed by atoms with Crippen molar-refractivity contribution in [3.63, 3.8) is 0 Å². The van der Waals surface area contributed by atoms with Crippen LogP contribution in [0.15, 0.2) is 60.9 Å². The van der Waals surface area contributed by atoms with Crippen molar-refractivity contribution in [2.45, 2.75) is 12.6 Å². The Balaban J connectivity index is 0.00000341. The smallest absolute Gasteiger partial charge is 0.349 e. The molecule has 164 valence electrons. The molecule has 0 fully saturated rings. The maximum atomic E-state index is 12.9. The van der Waals surface area contributed by atoms with Gasteiger partial charge >= 0.3 is 6.18 Å². The lowest BCUT2D eigenvalue weighted by atomic mass is 10.1. The van der Waals surface area contributed by atoms with Crippen LogP contribution in [-0.2, 0) is 12.6 Å². The number of carbonyl (C=O) groups excluding carboxylic acids is 2. The number of carbonyl (C=O) groups is 2. The molecule has 0 radical (unpaired) electrons. The van der Waals surface area contributed by atoms with Crippen LogP contribution in [0.1, 0.15) is 32.1 Å². The number of aromatic nitrogens is 2. The molecule has 2 amide bonds. The monoisotopic (exact) mass is 452 g/mol. The Kier molecular flexibility index (Phi) is 7.82. The number of aromatic amines is 1. The number of hydrogen-bond acceptors (Lipinski definition) is 3. The Hall–Kier alpha value is -3.33. The third-order valence-corrected chi connectivity index (χ3v) is 4.44. The van der Waals surface area contributed by atoms with Gasteiger partial charge in [0.25, 0.3) is 11.8 Å². The Bertz CT molecular complexity index is 1040. The molecule has 10 heteroatoms. The largest absolute Gasteiger partial charge is 0.416 e. The first-order valence-corrected chi connectivity index (χ1v) is 9.07. The highest BCUT2D eigenvalue weighted by Crippen LogP contribution is 2.29. The molecule has 2 N–H and O–H groups in total. The molecule has 3 rings (SSSR count). The molecular formula is C21H20ClF3N4O2. The minimum Gasteiger partial charge on any atom is -0.349 e. The van der Waals surface area contributed by atoms with Crippen LogP contribution in [-0.4, -0.2) is 40.3 Å². The first kappa shape index (κ1) is 23.9. The van der Waals surface area contributed by atoms with E-state index in [1.165, 1.54) is 17.0 Å². The van der Waals surface area contributed by atoms with E-state index in [0.29, 0.717) is 13.0 Å². The number of likely N-dealkylation sites (N-methyl/N-ethyl adjacent to an activating group) is 1. The summed E-state index contributed by atoms with van der Waals surface area (Å²) in [4.78, 5) is 33.9. The summed E-state index contributed by atoms with van der Waals surface area (Å²) in [5, 5.41) is 2.54. The van der Waals surface area contributed by atoms with Crippen LogP contribution in [0.2, 0.25) is 0 Å². The molecule has 0 saturated heterocycles. The lowest BCUT2D eigenvalue weighted by Crippen LogP contribution is -2.30. The molecule has 31 heavy (non-hydrogen) atoms. The maximum Gasteiger partial charge on any atom is 0.416 e. The number of hydrogen-bond donors (Lipinski definition) is 2. The third-order valence-electron chi connectivity index (χ3n) is 4.44. The minimum absolute atomic E-state index is 0. The number of rotatable bonds is 6. The van der Waals surface area contributed by atoms with Crippen LogP contribution in [0.25, 0.3) is 0 Å². The quantitative estimate of drug-likeness (QED) is 0.581. The van der Waals surface area contributed by atoms with Gasteiger partial charge in [0.15, 0.2) is 0 Å². The first-order valence-electron chi connectivity index (χ1n) is 9.07. The average molecular weight is 453 g/mol. The summed E-state index contributed by atoms with van der Waals surface area (Å²) in [5.74, 6) is -0.332. The van der Waals surface area contributed by atoms with Crippen LogP contribution >= 0.6 is 12.4 Å². The van der Waals surface area contributed by atoms with E-state index in [1.54, 1.807) is 37.6 Å². The molecular weight excluding hydrogens is 433 g/mol. The van der Waals surface area contributed by atoms with Crippen LogP contribution in [0.4, 0.5) is 18.9 Å². The van der Waals surface area contributed by atoms with E-state index in [2.05, 4.69) is 15.3 Å². The van der Waals surface area contributed by atoms with E-state index >= 15 is 0 Å². The highest BCUT2D eigenvalue weighted by molar-refractivity contribution is 6.09. The van der Waals surface area contributed by atoms with Gasteiger partial charge in [-0.05, 0) is 30.3 Å². The van der Waals surface area contributed by atoms with Gasteiger partial charge in [0.1, 0.15) is 5.82 Å². The Morgan fingerprint density at radius 3 is 2.55 bits per heavy atom.